The number of nitrogens with two attached hydrogens (primary N) is 1. The second-order valence-electron chi connectivity index (χ2n) is 12.9. The second kappa shape index (κ2) is 20.9. The minimum absolute atomic E-state index is 0.536. The van der Waals surface area contributed by atoms with E-state index >= 15 is 0 Å². The minimum atomic E-state index is -3.96. The molecule has 3 fully saturated rings. The lowest BCUT2D eigenvalue weighted by Gasteiger charge is -2.56. The first-order valence-corrected chi connectivity index (χ1v) is 17.4. The van der Waals surface area contributed by atoms with Gasteiger partial charge in [-0.05, 0) is 107 Å². The number of allylic oxidation sites excluding steroid dienone is 1. The molecule has 0 unspecified atom stereocenters. The van der Waals surface area contributed by atoms with E-state index in [1.165, 1.54) is 81.0 Å². The molecule has 6 nitrogen and oxygen atoms in total. The molecular weight excluding hydrogens is 625 g/mol. The lowest BCUT2D eigenvalue weighted by Crippen LogP contribution is -2.62. The van der Waals surface area contributed by atoms with Crippen LogP contribution < -0.4 is 21.1 Å². The van der Waals surface area contributed by atoms with Crippen LogP contribution in [0.5, 0.6) is 5.75 Å². The van der Waals surface area contributed by atoms with Gasteiger partial charge < -0.3 is 25.8 Å². The number of likely N-dealkylation sites (tertiary alicyclic amines) is 1. The predicted molar refractivity (Wildman–Crippen MR) is 200 cm³/mol. The molecule has 0 atom stereocenters. The van der Waals surface area contributed by atoms with Gasteiger partial charge in [0.25, 0.3) is 0 Å². The molecule has 0 amide bonds. The van der Waals surface area contributed by atoms with Crippen molar-refractivity contribution in [2.75, 3.05) is 57.6 Å². The summed E-state index contributed by atoms with van der Waals surface area (Å²) < 4.78 is 43.4. The Hall–Kier alpha value is -3.45. The molecule has 2 saturated heterocycles. The predicted octanol–water partition coefficient (Wildman–Crippen LogP) is 9.00. The number of nitrogens with one attached hydrogen (secondary N) is 2. The maximum absolute atomic E-state index is 10.8. The molecule has 0 aromatic heterocycles. The van der Waals surface area contributed by atoms with Gasteiger partial charge in [-0.25, -0.2) is 0 Å². The first-order chi connectivity index (χ1) is 23.5. The fourth-order valence-electron chi connectivity index (χ4n) is 6.52. The van der Waals surface area contributed by atoms with Crippen molar-refractivity contribution in [3.05, 3.63) is 71.8 Å². The van der Waals surface area contributed by atoms with E-state index < -0.39 is 12.6 Å². The van der Waals surface area contributed by atoms with Crippen molar-refractivity contribution < 1.29 is 22.6 Å². The number of nitrogens with zero attached hydrogens (tertiary/aromatic N) is 1. The van der Waals surface area contributed by atoms with Gasteiger partial charge in [0.05, 0.1) is 19.3 Å². The number of halogens is 3. The van der Waals surface area contributed by atoms with Crippen molar-refractivity contribution in [2.45, 2.75) is 90.9 Å². The molecule has 0 bridgehead atoms. The van der Waals surface area contributed by atoms with Gasteiger partial charge in [-0.15, -0.1) is 13.2 Å². The standard InChI is InChI=1S/C34H45N3O2.C3H5F3.C2H4.CH5N/c1-25(7-6-18-35-32-15-10-26(2)22-33(32)38-4)21-30-27(3)8-5-9-31(30)36-28-11-13-29(14-12-28)37-23-34(24-37)16-19-39-20-17-34;1-2-3(4,5)6;2*1-2/h5,8-10,15,21-22,28-29,35-36H,11-14,16-20,23-24H2,1-4H3;2H2,1H3;1-2H2;2H2,1H3/b25-21+;;;. The van der Waals surface area contributed by atoms with Crippen molar-refractivity contribution in [1.29, 1.82) is 0 Å². The lowest BCUT2D eigenvalue weighted by molar-refractivity contribution is -0.130. The van der Waals surface area contributed by atoms with Gasteiger partial charge in [-0.2, -0.15) is 13.2 Å². The second-order valence-corrected chi connectivity index (χ2v) is 12.9. The smallest absolute Gasteiger partial charge is 0.388 e. The van der Waals surface area contributed by atoms with Crippen molar-refractivity contribution in [3.63, 3.8) is 0 Å². The number of ether oxygens (including phenoxy) is 2. The zero-order chi connectivity index (χ0) is 36.5. The topological polar surface area (TPSA) is 71.8 Å². The Kier molecular flexibility index (Phi) is 17.8. The van der Waals surface area contributed by atoms with Crippen LogP contribution in [0.3, 0.4) is 0 Å². The average Bonchev–Trinajstić information content (AvgIpc) is 3.10. The van der Waals surface area contributed by atoms with E-state index in [-0.39, 0.29) is 0 Å². The van der Waals surface area contributed by atoms with Crippen LogP contribution in [0.4, 0.5) is 24.5 Å². The summed E-state index contributed by atoms with van der Waals surface area (Å²) in [5, 5.41) is 7.28. The van der Waals surface area contributed by atoms with Crippen molar-refractivity contribution in [3.8, 4) is 17.6 Å². The lowest BCUT2D eigenvalue weighted by atomic mass is 9.71. The molecule has 2 heterocycles. The normalized spacial score (nSPS) is 19.9. The number of benzene rings is 2. The molecular formula is C40H59F3N4O2. The van der Waals surface area contributed by atoms with Gasteiger partial charge in [0.15, 0.2) is 0 Å². The Morgan fingerprint density at radius 2 is 1.69 bits per heavy atom. The van der Waals surface area contributed by atoms with Gasteiger partial charge in [-0.3, -0.25) is 4.90 Å². The summed E-state index contributed by atoms with van der Waals surface area (Å²) in [5.41, 5.74) is 12.0. The van der Waals surface area contributed by atoms with E-state index in [2.05, 4.69) is 97.4 Å². The molecule has 2 aromatic carbocycles. The molecule has 0 radical (unpaired) electrons. The van der Waals surface area contributed by atoms with Gasteiger partial charge in [0.1, 0.15) is 5.75 Å². The van der Waals surface area contributed by atoms with E-state index in [1.807, 2.05) is 12.1 Å². The quantitative estimate of drug-likeness (QED) is 0.200. The molecule has 3 aliphatic rings. The van der Waals surface area contributed by atoms with Crippen LogP contribution in [-0.4, -0.2) is 70.2 Å². The third-order valence-corrected chi connectivity index (χ3v) is 9.30. The summed E-state index contributed by atoms with van der Waals surface area (Å²) in [7, 11) is 3.20. The van der Waals surface area contributed by atoms with E-state index in [0.717, 1.165) is 43.2 Å². The van der Waals surface area contributed by atoms with Gasteiger partial charge in [-0.1, -0.05) is 37.0 Å². The van der Waals surface area contributed by atoms with Crippen LogP contribution in [0, 0.1) is 31.1 Å². The molecule has 1 aliphatic carbocycles. The van der Waals surface area contributed by atoms with Crippen molar-refractivity contribution in [2.24, 2.45) is 11.1 Å². The highest BCUT2D eigenvalue weighted by atomic mass is 19.4. The van der Waals surface area contributed by atoms with Crippen molar-refractivity contribution in [1.82, 2.24) is 4.90 Å². The number of alkyl halides is 3. The Balaban J connectivity index is 0.000000743. The third-order valence-electron chi connectivity index (χ3n) is 9.30. The molecule has 4 N–H and O–H groups in total. The van der Waals surface area contributed by atoms with Crippen molar-refractivity contribution >= 4 is 17.5 Å². The van der Waals surface area contributed by atoms with Gasteiger partial charge in [0.2, 0.25) is 0 Å². The monoisotopic (exact) mass is 684 g/mol. The highest BCUT2D eigenvalue weighted by Gasteiger charge is 2.46. The Labute approximate surface area is 293 Å². The Bertz CT molecular complexity index is 1360. The molecule has 1 spiro atoms. The maximum atomic E-state index is 10.8. The number of aryl methyl sites for hydroxylation is 2. The average molecular weight is 685 g/mol. The fraction of sp³-hybridized carbons (Fsp3) is 0.550. The first-order valence-electron chi connectivity index (χ1n) is 17.4. The Morgan fingerprint density at radius 3 is 2.29 bits per heavy atom. The summed E-state index contributed by atoms with van der Waals surface area (Å²) in [5.74, 6) is 7.45. The van der Waals surface area contributed by atoms with Crippen LogP contribution in [0.15, 0.2) is 55.1 Å². The van der Waals surface area contributed by atoms with E-state index in [9.17, 15) is 13.2 Å². The minimum Gasteiger partial charge on any atom is -0.495 e. The van der Waals surface area contributed by atoms with E-state index in [1.54, 1.807) is 7.11 Å². The zero-order valence-corrected chi connectivity index (χ0v) is 30.6. The number of hydrogen-bond donors (Lipinski definition) is 3. The molecule has 5 rings (SSSR count). The molecule has 2 aromatic rings. The van der Waals surface area contributed by atoms with Crippen LogP contribution in [0.25, 0.3) is 6.08 Å². The summed E-state index contributed by atoms with van der Waals surface area (Å²) in [6.45, 7) is 18.5. The highest BCUT2D eigenvalue weighted by Crippen LogP contribution is 2.43. The Morgan fingerprint density at radius 1 is 1.06 bits per heavy atom. The summed E-state index contributed by atoms with van der Waals surface area (Å²) >= 11 is 0. The highest BCUT2D eigenvalue weighted by molar-refractivity contribution is 5.73. The number of methoxy groups -OCH3 is 1. The van der Waals surface area contributed by atoms with E-state index in [0.29, 0.717) is 18.0 Å². The molecule has 1 saturated carbocycles. The zero-order valence-electron chi connectivity index (χ0n) is 30.6. The molecule has 272 valence electrons. The molecule has 2 aliphatic heterocycles. The largest absolute Gasteiger partial charge is 0.495 e. The summed E-state index contributed by atoms with van der Waals surface area (Å²) in [4.78, 5) is 2.76. The van der Waals surface area contributed by atoms with Crippen LogP contribution in [0.1, 0.15) is 75.5 Å². The molecule has 9 heteroatoms. The molecule has 49 heavy (non-hydrogen) atoms. The van der Waals surface area contributed by atoms with Gasteiger partial charge in [0, 0.05) is 61.5 Å². The fourth-order valence-corrected chi connectivity index (χ4v) is 6.52. The van der Waals surface area contributed by atoms with Crippen LogP contribution in [-0.2, 0) is 4.74 Å². The van der Waals surface area contributed by atoms with E-state index in [4.69, 9.17) is 9.47 Å². The van der Waals surface area contributed by atoms with Crippen LogP contribution in [0.2, 0.25) is 0 Å². The maximum Gasteiger partial charge on any atom is 0.388 e. The number of rotatable bonds is 7. The third kappa shape index (κ3) is 13.4. The number of anilines is 2. The first kappa shape index (κ1) is 41.7. The van der Waals surface area contributed by atoms with Crippen LogP contribution >= 0.6 is 0 Å². The summed E-state index contributed by atoms with van der Waals surface area (Å²) in [6, 6.07) is 14.0. The van der Waals surface area contributed by atoms with Gasteiger partial charge >= 0.3 is 6.18 Å². The SMILES string of the molecule is C=C.CCC(F)(F)F.CN.COc1cc(C)ccc1NCC#C/C(C)=C/c1c(C)cccc1NC1CCC(N2CC3(CCOCC3)C2)CC1. The summed E-state index contributed by atoms with van der Waals surface area (Å²) in [6.07, 6.45) is 5.12. The number of hydrogen-bond acceptors (Lipinski definition) is 6.